The summed E-state index contributed by atoms with van der Waals surface area (Å²) in [6.07, 6.45) is 0. The Morgan fingerprint density at radius 2 is 1.62 bits per heavy atom. The average Bonchev–Trinajstić information content (AvgIpc) is 2.12. The molecular weight excluding hydrogens is 186 g/mol. The molecule has 0 spiro atoms. The molecule has 0 saturated heterocycles. The fourth-order valence-electron chi connectivity index (χ4n) is 0.878. The summed E-state index contributed by atoms with van der Waals surface area (Å²) in [5, 5.41) is 0. The number of alkyl halides is 1. The van der Waals surface area contributed by atoms with E-state index >= 15 is 0 Å². The van der Waals surface area contributed by atoms with E-state index in [2.05, 4.69) is 0 Å². The van der Waals surface area contributed by atoms with Crippen LogP contribution in [-0.2, 0) is 0 Å². The van der Waals surface area contributed by atoms with E-state index in [1.165, 1.54) is 0 Å². The van der Waals surface area contributed by atoms with Gasteiger partial charge in [0.25, 0.3) is 0 Å². The van der Waals surface area contributed by atoms with E-state index in [0.717, 1.165) is 0 Å². The smallest absolute Gasteiger partial charge is 0.194 e. The molecule has 0 fully saturated rings. The van der Waals surface area contributed by atoms with Crippen molar-refractivity contribution < 1.29 is 17.6 Å². The van der Waals surface area contributed by atoms with Crippen molar-refractivity contribution in [1.82, 2.24) is 0 Å². The lowest BCUT2D eigenvalue weighted by Gasteiger charge is -2.07. The van der Waals surface area contributed by atoms with E-state index in [9.17, 15) is 17.6 Å². The summed E-state index contributed by atoms with van der Waals surface area (Å²) < 4.78 is 49.5. The van der Waals surface area contributed by atoms with E-state index in [1.807, 2.05) is 0 Å². The van der Waals surface area contributed by atoms with Crippen LogP contribution in [0.15, 0.2) is 12.1 Å². The third-order valence-electron chi connectivity index (χ3n) is 1.60. The Labute approximate surface area is 72.2 Å². The molecule has 0 saturated carbocycles. The Hall–Kier alpha value is -1.10. The van der Waals surface area contributed by atoms with Gasteiger partial charge in [-0.15, -0.1) is 0 Å². The molecule has 0 heterocycles. The van der Waals surface area contributed by atoms with Crippen LogP contribution in [0.3, 0.4) is 0 Å². The minimum Gasteiger partial charge on any atom is -0.322 e. The highest BCUT2D eigenvalue weighted by molar-refractivity contribution is 5.22. The molecule has 0 aliphatic carbocycles. The maximum atomic E-state index is 12.5. The van der Waals surface area contributed by atoms with Crippen LogP contribution in [-0.4, -0.2) is 6.67 Å². The molecule has 5 heteroatoms. The molecule has 0 aliphatic rings. The monoisotopic (exact) mass is 193 g/mol. The van der Waals surface area contributed by atoms with Gasteiger partial charge in [0.2, 0.25) is 0 Å². The lowest BCUT2D eigenvalue weighted by Crippen LogP contribution is -2.13. The molecule has 0 unspecified atom stereocenters. The Kier molecular flexibility index (Phi) is 2.87. The Morgan fingerprint density at radius 3 is 2.00 bits per heavy atom. The summed E-state index contributed by atoms with van der Waals surface area (Å²) >= 11 is 0. The highest BCUT2D eigenvalue weighted by Crippen LogP contribution is 2.17. The van der Waals surface area contributed by atoms with E-state index < -0.39 is 30.2 Å². The standard InChI is InChI=1S/C8H7F4N/c9-3-7(13)4-1-5(10)8(12)6(11)2-4/h1-2,7H,3,13H2/t7-/m0/s1. The predicted molar refractivity (Wildman–Crippen MR) is 39.2 cm³/mol. The first-order valence-corrected chi connectivity index (χ1v) is 3.52. The minimum atomic E-state index is -1.57. The molecule has 0 amide bonds. The van der Waals surface area contributed by atoms with Crippen molar-refractivity contribution in [3.05, 3.63) is 35.1 Å². The van der Waals surface area contributed by atoms with Crippen LogP contribution in [0.2, 0.25) is 0 Å². The fraction of sp³-hybridized carbons (Fsp3) is 0.250. The number of hydrogen-bond acceptors (Lipinski definition) is 1. The van der Waals surface area contributed by atoms with Gasteiger partial charge in [-0.25, -0.2) is 17.6 Å². The largest absolute Gasteiger partial charge is 0.322 e. The molecule has 72 valence electrons. The number of hydrogen-bond donors (Lipinski definition) is 1. The molecule has 0 bridgehead atoms. The second-order valence-corrected chi connectivity index (χ2v) is 2.56. The zero-order valence-corrected chi connectivity index (χ0v) is 6.53. The molecule has 13 heavy (non-hydrogen) atoms. The topological polar surface area (TPSA) is 26.0 Å². The fourth-order valence-corrected chi connectivity index (χ4v) is 0.878. The van der Waals surface area contributed by atoms with Crippen molar-refractivity contribution in [3.8, 4) is 0 Å². The maximum absolute atomic E-state index is 12.5. The molecule has 0 aliphatic heterocycles. The average molecular weight is 193 g/mol. The van der Waals surface area contributed by atoms with Crippen molar-refractivity contribution in [2.24, 2.45) is 5.73 Å². The number of rotatable bonds is 2. The van der Waals surface area contributed by atoms with E-state index in [-0.39, 0.29) is 5.56 Å². The van der Waals surface area contributed by atoms with Crippen LogP contribution >= 0.6 is 0 Å². The molecule has 1 aromatic rings. The normalized spacial score (nSPS) is 13.0. The molecule has 1 nitrogen and oxygen atoms in total. The van der Waals surface area contributed by atoms with Gasteiger partial charge in [-0.1, -0.05) is 0 Å². The first-order valence-electron chi connectivity index (χ1n) is 3.52. The summed E-state index contributed by atoms with van der Waals surface area (Å²) in [6.45, 7) is -0.954. The Balaban J connectivity index is 3.13. The summed E-state index contributed by atoms with van der Waals surface area (Å²) in [5.41, 5.74) is 5.05. The van der Waals surface area contributed by atoms with Crippen molar-refractivity contribution in [2.45, 2.75) is 6.04 Å². The second-order valence-electron chi connectivity index (χ2n) is 2.56. The zero-order valence-electron chi connectivity index (χ0n) is 6.53. The molecule has 1 rings (SSSR count). The van der Waals surface area contributed by atoms with Crippen molar-refractivity contribution >= 4 is 0 Å². The van der Waals surface area contributed by atoms with Gasteiger partial charge in [-0.05, 0) is 17.7 Å². The van der Waals surface area contributed by atoms with E-state index in [0.29, 0.717) is 12.1 Å². The van der Waals surface area contributed by atoms with Gasteiger partial charge in [0.1, 0.15) is 6.67 Å². The zero-order chi connectivity index (χ0) is 10.0. The first-order chi connectivity index (χ1) is 6.06. The molecule has 0 radical (unpaired) electrons. The summed E-state index contributed by atoms with van der Waals surface area (Å²) in [5.74, 6) is -4.30. The van der Waals surface area contributed by atoms with Gasteiger partial charge in [0, 0.05) is 0 Å². The van der Waals surface area contributed by atoms with Crippen LogP contribution in [0.4, 0.5) is 17.6 Å². The van der Waals surface area contributed by atoms with Gasteiger partial charge in [-0.3, -0.25) is 0 Å². The third kappa shape index (κ3) is 1.98. The van der Waals surface area contributed by atoms with Crippen LogP contribution < -0.4 is 5.73 Å². The minimum absolute atomic E-state index is 0.0982. The van der Waals surface area contributed by atoms with Gasteiger partial charge < -0.3 is 5.73 Å². The van der Waals surface area contributed by atoms with Gasteiger partial charge in [0.15, 0.2) is 17.5 Å². The Bertz CT molecular complexity index is 290. The van der Waals surface area contributed by atoms with Crippen molar-refractivity contribution in [3.63, 3.8) is 0 Å². The third-order valence-corrected chi connectivity index (χ3v) is 1.60. The molecule has 1 atom stereocenters. The molecule has 1 aromatic carbocycles. The molecule has 0 aromatic heterocycles. The molecular formula is C8H7F4N. The SMILES string of the molecule is N[C@@H](CF)c1cc(F)c(F)c(F)c1. The van der Waals surface area contributed by atoms with Crippen LogP contribution in [0.5, 0.6) is 0 Å². The number of halogens is 4. The number of benzene rings is 1. The van der Waals surface area contributed by atoms with Gasteiger partial charge in [0.05, 0.1) is 6.04 Å². The highest BCUT2D eigenvalue weighted by atomic mass is 19.2. The predicted octanol–water partition coefficient (Wildman–Crippen LogP) is 2.07. The first kappa shape index (κ1) is 9.98. The Morgan fingerprint density at radius 1 is 1.15 bits per heavy atom. The van der Waals surface area contributed by atoms with Crippen molar-refractivity contribution in [2.75, 3.05) is 6.67 Å². The van der Waals surface area contributed by atoms with Gasteiger partial charge >= 0.3 is 0 Å². The summed E-state index contributed by atoms with van der Waals surface area (Å²) in [4.78, 5) is 0. The van der Waals surface area contributed by atoms with E-state index in [4.69, 9.17) is 5.73 Å². The van der Waals surface area contributed by atoms with Gasteiger partial charge in [-0.2, -0.15) is 0 Å². The molecule has 2 N–H and O–H groups in total. The lowest BCUT2D eigenvalue weighted by molar-refractivity contribution is 0.421. The lowest BCUT2D eigenvalue weighted by atomic mass is 10.1. The second kappa shape index (κ2) is 3.74. The van der Waals surface area contributed by atoms with Crippen LogP contribution in [0.25, 0.3) is 0 Å². The van der Waals surface area contributed by atoms with Crippen LogP contribution in [0.1, 0.15) is 11.6 Å². The number of nitrogens with two attached hydrogens (primary N) is 1. The summed E-state index contributed by atoms with van der Waals surface area (Å²) in [6, 6.07) is 0.246. The summed E-state index contributed by atoms with van der Waals surface area (Å²) in [7, 11) is 0. The highest BCUT2D eigenvalue weighted by Gasteiger charge is 2.14. The van der Waals surface area contributed by atoms with E-state index in [1.54, 1.807) is 0 Å². The van der Waals surface area contributed by atoms with Crippen molar-refractivity contribution in [1.29, 1.82) is 0 Å². The van der Waals surface area contributed by atoms with Crippen LogP contribution in [0, 0.1) is 17.5 Å². The maximum Gasteiger partial charge on any atom is 0.194 e. The quantitative estimate of drug-likeness (QED) is 0.564.